The number of hydrogen-bond acceptors (Lipinski definition) is 2. The normalized spacial score (nSPS) is 19.9. The number of halogens is 1. The van der Waals surface area contributed by atoms with Crippen LogP contribution in [0.5, 0.6) is 5.75 Å². The van der Waals surface area contributed by atoms with Gasteiger partial charge in [0, 0.05) is 16.6 Å². The van der Waals surface area contributed by atoms with E-state index in [0.29, 0.717) is 11.8 Å². The second kappa shape index (κ2) is 5.40. The molecule has 2 nitrogen and oxygen atoms in total. The Labute approximate surface area is 112 Å². The first kappa shape index (κ1) is 12.9. The van der Waals surface area contributed by atoms with Crippen molar-refractivity contribution in [3.8, 4) is 5.75 Å². The lowest BCUT2D eigenvalue weighted by Crippen LogP contribution is -2.10. The minimum Gasteiger partial charge on any atom is -0.496 e. The molecule has 1 aliphatic heterocycles. The van der Waals surface area contributed by atoms with Crippen molar-refractivity contribution in [2.75, 3.05) is 20.2 Å². The molecule has 1 atom stereocenters. The fourth-order valence-electron chi connectivity index (χ4n) is 2.66. The molecule has 0 bridgehead atoms. The molecule has 1 fully saturated rings. The average molecular weight is 298 g/mol. The Kier molecular flexibility index (Phi) is 4.10. The zero-order valence-corrected chi connectivity index (χ0v) is 12.3. The molecular weight excluding hydrogens is 278 g/mol. The molecule has 0 spiro atoms. The van der Waals surface area contributed by atoms with Crippen LogP contribution in [0.15, 0.2) is 16.6 Å². The third-order valence-corrected chi connectivity index (χ3v) is 3.89. The van der Waals surface area contributed by atoms with E-state index in [2.05, 4.69) is 47.2 Å². The van der Waals surface area contributed by atoms with Crippen molar-refractivity contribution in [1.29, 1.82) is 0 Å². The quantitative estimate of drug-likeness (QED) is 0.919. The van der Waals surface area contributed by atoms with Gasteiger partial charge in [0.2, 0.25) is 0 Å². The van der Waals surface area contributed by atoms with Crippen LogP contribution in [0.1, 0.15) is 43.2 Å². The molecule has 1 N–H and O–H groups in total. The number of nitrogens with one attached hydrogen (secondary N) is 1. The fraction of sp³-hybridized carbons (Fsp3) is 0.571. The topological polar surface area (TPSA) is 21.3 Å². The zero-order valence-electron chi connectivity index (χ0n) is 10.7. The Morgan fingerprint density at radius 1 is 1.41 bits per heavy atom. The van der Waals surface area contributed by atoms with Gasteiger partial charge in [-0.3, -0.25) is 0 Å². The number of methoxy groups -OCH3 is 1. The van der Waals surface area contributed by atoms with Gasteiger partial charge in [-0.05, 0) is 42.5 Å². The van der Waals surface area contributed by atoms with E-state index < -0.39 is 0 Å². The van der Waals surface area contributed by atoms with Gasteiger partial charge in [-0.2, -0.15) is 0 Å². The number of ether oxygens (including phenoxy) is 1. The molecule has 1 aromatic carbocycles. The first-order valence-corrected chi connectivity index (χ1v) is 7.00. The molecule has 0 amide bonds. The third kappa shape index (κ3) is 2.66. The van der Waals surface area contributed by atoms with Crippen LogP contribution in [0.2, 0.25) is 0 Å². The fourth-order valence-corrected chi connectivity index (χ4v) is 3.11. The predicted molar refractivity (Wildman–Crippen MR) is 75.0 cm³/mol. The largest absolute Gasteiger partial charge is 0.496 e. The molecule has 0 saturated carbocycles. The number of rotatable bonds is 3. The first-order chi connectivity index (χ1) is 8.13. The highest BCUT2D eigenvalue weighted by Crippen LogP contribution is 2.38. The van der Waals surface area contributed by atoms with Crippen molar-refractivity contribution in [1.82, 2.24) is 5.32 Å². The molecule has 0 radical (unpaired) electrons. The van der Waals surface area contributed by atoms with Crippen molar-refractivity contribution in [3.05, 3.63) is 27.7 Å². The Bertz CT molecular complexity index is 397. The lowest BCUT2D eigenvalue weighted by Gasteiger charge is -2.21. The zero-order chi connectivity index (χ0) is 12.4. The second-order valence-corrected chi connectivity index (χ2v) is 5.87. The van der Waals surface area contributed by atoms with E-state index in [1.807, 2.05) is 0 Å². The molecule has 17 heavy (non-hydrogen) atoms. The van der Waals surface area contributed by atoms with Crippen molar-refractivity contribution in [2.45, 2.75) is 32.1 Å². The summed E-state index contributed by atoms with van der Waals surface area (Å²) in [6.45, 7) is 6.67. The molecule has 0 aliphatic carbocycles. The van der Waals surface area contributed by atoms with Gasteiger partial charge in [0.05, 0.1) is 7.11 Å². The molecule has 2 rings (SSSR count). The van der Waals surface area contributed by atoms with Crippen LogP contribution in [0, 0.1) is 0 Å². The van der Waals surface area contributed by atoms with Crippen LogP contribution in [-0.4, -0.2) is 20.2 Å². The molecule has 1 unspecified atom stereocenters. The molecule has 1 aromatic rings. The second-order valence-electron chi connectivity index (χ2n) is 4.96. The van der Waals surface area contributed by atoms with Gasteiger partial charge in [0.1, 0.15) is 5.75 Å². The lowest BCUT2D eigenvalue weighted by molar-refractivity contribution is 0.405. The van der Waals surface area contributed by atoms with E-state index in [4.69, 9.17) is 4.74 Å². The summed E-state index contributed by atoms with van der Waals surface area (Å²) < 4.78 is 6.65. The van der Waals surface area contributed by atoms with Crippen LogP contribution in [0.4, 0.5) is 0 Å². The van der Waals surface area contributed by atoms with Crippen LogP contribution in [-0.2, 0) is 0 Å². The summed E-state index contributed by atoms with van der Waals surface area (Å²) in [5, 5.41) is 3.44. The number of benzene rings is 1. The molecule has 1 heterocycles. The molecule has 1 aliphatic rings. The monoisotopic (exact) mass is 297 g/mol. The summed E-state index contributed by atoms with van der Waals surface area (Å²) in [6, 6.07) is 4.33. The standard InChI is InChI=1S/C14H20BrNO/c1-9(2)14-12(10-4-5-16-8-10)6-11(15)7-13(14)17-3/h6-7,9-10,16H,4-5,8H2,1-3H3. The highest BCUT2D eigenvalue weighted by Gasteiger charge is 2.23. The average Bonchev–Trinajstić information content (AvgIpc) is 2.80. The number of hydrogen-bond donors (Lipinski definition) is 1. The molecule has 0 aromatic heterocycles. The van der Waals surface area contributed by atoms with E-state index in [1.54, 1.807) is 7.11 Å². The van der Waals surface area contributed by atoms with Gasteiger partial charge in [0.15, 0.2) is 0 Å². The predicted octanol–water partition coefficient (Wildman–Crippen LogP) is 3.66. The summed E-state index contributed by atoms with van der Waals surface area (Å²) in [6.07, 6.45) is 1.22. The smallest absolute Gasteiger partial charge is 0.123 e. The Morgan fingerprint density at radius 3 is 2.71 bits per heavy atom. The maximum atomic E-state index is 5.54. The van der Waals surface area contributed by atoms with Crippen LogP contribution in [0.25, 0.3) is 0 Å². The van der Waals surface area contributed by atoms with Crippen molar-refractivity contribution < 1.29 is 4.74 Å². The Morgan fingerprint density at radius 2 is 2.18 bits per heavy atom. The van der Waals surface area contributed by atoms with Gasteiger partial charge >= 0.3 is 0 Å². The minimum absolute atomic E-state index is 0.494. The van der Waals surface area contributed by atoms with Crippen LogP contribution >= 0.6 is 15.9 Å². The maximum Gasteiger partial charge on any atom is 0.123 e. The van der Waals surface area contributed by atoms with Gasteiger partial charge in [0.25, 0.3) is 0 Å². The molecular formula is C14H20BrNO. The molecule has 94 valence electrons. The molecule has 1 saturated heterocycles. The first-order valence-electron chi connectivity index (χ1n) is 6.21. The van der Waals surface area contributed by atoms with E-state index in [0.717, 1.165) is 23.3 Å². The minimum atomic E-state index is 0.494. The van der Waals surface area contributed by atoms with Gasteiger partial charge in [-0.15, -0.1) is 0 Å². The highest BCUT2D eigenvalue weighted by atomic mass is 79.9. The van der Waals surface area contributed by atoms with E-state index in [1.165, 1.54) is 17.5 Å². The summed E-state index contributed by atoms with van der Waals surface area (Å²) in [5.41, 5.74) is 2.81. The summed E-state index contributed by atoms with van der Waals surface area (Å²) >= 11 is 3.58. The SMILES string of the molecule is COc1cc(Br)cc(C2CCNC2)c1C(C)C. The summed E-state index contributed by atoms with van der Waals surface area (Å²) in [7, 11) is 1.75. The molecule has 3 heteroatoms. The van der Waals surface area contributed by atoms with Gasteiger partial charge in [-0.25, -0.2) is 0 Å². The highest BCUT2D eigenvalue weighted by molar-refractivity contribution is 9.10. The van der Waals surface area contributed by atoms with Crippen molar-refractivity contribution >= 4 is 15.9 Å². The van der Waals surface area contributed by atoms with E-state index in [-0.39, 0.29) is 0 Å². The van der Waals surface area contributed by atoms with E-state index >= 15 is 0 Å². The lowest BCUT2D eigenvalue weighted by atomic mass is 9.87. The van der Waals surface area contributed by atoms with Gasteiger partial charge < -0.3 is 10.1 Å². The third-order valence-electron chi connectivity index (χ3n) is 3.44. The summed E-state index contributed by atoms with van der Waals surface area (Å²) in [5.74, 6) is 2.13. The maximum absolute atomic E-state index is 5.54. The summed E-state index contributed by atoms with van der Waals surface area (Å²) in [4.78, 5) is 0. The Hall–Kier alpha value is -0.540. The Balaban J connectivity index is 2.50. The van der Waals surface area contributed by atoms with Crippen LogP contribution < -0.4 is 10.1 Å². The van der Waals surface area contributed by atoms with Crippen LogP contribution in [0.3, 0.4) is 0 Å². The van der Waals surface area contributed by atoms with Gasteiger partial charge in [-0.1, -0.05) is 29.8 Å². The van der Waals surface area contributed by atoms with Crippen molar-refractivity contribution in [3.63, 3.8) is 0 Å². The van der Waals surface area contributed by atoms with Crippen molar-refractivity contribution in [2.24, 2.45) is 0 Å². The van der Waals surface area contributed by atoms with E-state index in [9.17, 15) is 0 Å².